The molecule has 0 amide bonds. The van der Waals surface area contributed by atoms with E-state index in [0.29, 0.717) is 6.04 Å². The molecular formula is C15H26N2O2. The van der Waals surface area contributed by atoms with Crippen molar-refractivity contribution in [3.05, 3.63) is 30.3 Å². The Hall–Kier alpha value is -1.10. The van der Waals surface area contributed by atoms with Crippen molar-refractivity contribution in [2.45, 2.75) is 19.4 Å². The first-order chi connectivity index (χ1) is 9.33. The Morgan fingerprint density at radius 2 is 1.89 bits per heavy atom. The summed E-state index contributed by atoms with van der Waals surface area (Å²) >= 11 is 0. The van der Waals surface area contributed by atoms with Crippen molar-refractivity contribution in [1.82, 2.24) is 10.6 Å². The zero-order valence-electron chi connectivity index (χ0n) is 12.0. The van der Waals surface area contributed by atoms with Gasteiger partial charge >= 0.3 is 0 Å². The third-order valence-electron chi connectivity index (χ3n) is 2.76. The predicted octanol–water partition coefficient (Wildman–Crippen LogP) is 1.67. The molecule has 0 aliphatic rings. The van der Waals surface area contributed by atoms with E-state index < -0.39 is 0 Å². The van der Waals surface area contributed by atoms with Crippen molar-refractivity contribution in [3.8, 4) is 5.75 Å². The maximum Gasteiger partial charge on any atom is 0.119 e. The summed E-state index contributed by atoms with van der Waals surface area (Å²) in [6, 6.07) is 10.4. The molecule has 0 saturated heterocycles. The largest absolute Gasteiger partial charge is 0.494 e. The van der Waals surface area contributed by atoms with Gasteiger partial charge in [0, 0.05) is 26.2 Å². The molecule has 4 nitrogen and oxygen atoms in total. The summed E-state index contributed by atoms with van der Waals surface area (Å²) in [5.74, 6) is 0.941. The minimum absolute atomic E-state index is 0.466. The second-order valence-electron chi connectivity index (χ2n) is 4.57. The molecule has 0 aliphatic carbocycles. The van der Waals surface area contributed by atoms with Crippen molar-refractivity contribution in [1.29, 1.82) is 0 Å². The molecule has 4 heteroatoms. The number of hydrogen-bond acceptors (Lipinski definition) is 4. The van der Waals surface area contributed by atoms with Gasteiger partial charge in [-0.25, -0.2) is 0 Å². The first-order valence-corrected chi connectivity index (χ1v) is 6.94. The van der Waals surface area contributed by atoms with Crippen LogP contribution in [0.2, 0.25) is 0 Å². The van der Waals surface area contributed by atoms with Crippen LogP contribution in [0.25, 0.3) is 0 Å². The fourth-order valence-corrected chi connectivity index (χ4v) is 1.69. The van der Waals surface area contributed by atoms with Gasteiger partial charge in [-0.3, -0.25) is 0 Å². The van der Waals surface area contributed by atoms with E-state index in [-0.39, 0.29) is 0 Å². The molecule has 2 N–H and O–H groups in total. The van der Waals surface area contributed by atoms with Crippen molar-refractivity contribution < 1.29 is 9.47 Å². The second-order valence-corrected chi connectivity index (χ2v) is 4.57. The van der Waals surface area contributed by atoms with Crippen molar-refractivity contribution >= 4 is 0 Å². The van der Waals surface area contributed by atoms with Crippen LogP contribution in [0.3, 0.4) is 0 Å². The number of para-hydroxylation sites is 1. The van der Waals surface area contributed by atoms with Crippen LogP contribution in [0.15, 0.2) is 30.3 Å². The van der Waals surface area contributed by atoms with E-state index in [1.807, 2.05) is 30.3 Å². The van der Waals surface area contributed by atoms with E-state index >= 15 is 0 Å². The lowest BCUT2D eigenvalue weighted by Gasteiger charge is -2.14. The maximum atomic E-state index is 5.63. The molecule has 0 bridgehead atoms. The quantitative estimate of drug-likeness (QED) is 0.598. The summed E-state index contributed by atoms with van der Waals surface area (Å²) in [5, 5.41) is 6.80. The summed E-state index contributed by atoms with van der Waals surface area (Å²) < 4.78 is 10.6. The average Bonchev–Trinajstić information content (AvgIpc) is 2.44. The number of rotatable bonds is 11. The molecule has 0 aliphatic heterocycles. The van der Waals surface area contributed by atoms with Gasteiger partial charge in [-0.1, -0.05) is 18.2 Å². The SMILES string of the molecule is COCCNCC(C)NCCCOc1ccccc1. The summed E-state index contributed by atoms with van der Waals surface area (Å²) in [7, 11) is 1.72. The average molecular weight is 266 g/mol. The highest BCUT2D eigenvalue weighted by Gasteiger charge is 1.99. The molecule has 0 aromatic heterocycles. The van der Waals surface area contributed by atoms with Gasteiger partial charge in [0.25, 0.3) is 0 Å². The Morgan fingerprint density at radius 1 is 1.11 bits per heavy atom. The van der Waals surface area contributed by atoms with Crippen LogP contribution < -0.4 is 15.4 Å². The topological polar surface area (TPSA) is 42.5 Å². The summed E-state index contributed by atoms with van der Waals surface area (Å²) in [5.41, 5.74) is 0. The Labute approximate surface area is 116 Å². The molecule has 1 aromatic rings. The highest BCUT2D eigenvalue weighted by atomic mass is 16.5. The second kappa shape index (κ2) is 10.8. The Balaban J connectivity index is 1.92. The molecule has 0 saturated carbocycles. The van der Waals surface area contributed by atoms with Crippen LogP contribution in [0, 0.1) is 0 Å². The fraction of sp³-hybridized carbons (Fsp3) is 0.600. The number of methoxy groups -OCH3 is 1. The summed E-state index contributed by atoms with van der Waals surface area (Å²) in [6.45, 7) is 6.53. The summed E-state index contributed by atoms with van der Waals surface area (Å²) in [6.07, 6.45) is 1.01. The lowest BCUT2D eigenvalue weighted by molar-refractivity contribution is 0.198. The van der Waals surface area contributed by atoms with Crippen molar-refractivity contribution in [2.75, 3.05) is 40.0 Å². The minimum atomic E-state index is 0.466. The zero-order valence-corrected chi connectivity index (χ0v) is 12.0. The fourth-order valence-electron chi connectivity index (χ4n) is 1.69. The van der Waals surface area contributed by atoms with E-state index in [0.717, 1.165) is 45.0 Å². The van der Waals surface area contributed by atoms with Crippen molar-refractivity contribution in [3.63, 3.8) is 0 Å². The lowest BCUT2D eigenvalue weighted by atomic mass is 10.3. The highest BCUT2D eigenvalue weighted by molar-refractivity contribution is 5.20. The molecule has 19 heavy (non-hydrogen) atoms. The normalized spacial score (nSPS) is 12.3. The number of hydrogen-bond donors (Lipinski definition) is 2. The first-order valence-electron chi connectivity index (χ1n) is 6.94. The number of nitrogens with one attached hydrogen (secondary N) is 2. The monoisotopic (exact) mass is 266 g/mol. The van der Waals surface area contributed by atoms with Crippen LogP contribution in [0.5, 0.6) is 5.75 Å². The molecule has 0 radical (unpaired) electrons. The van der Waals surface area contributed by atoms with E-state index in [9.17, 15) is 0 Å². The summed E-state index contributed by atoms with van der Waals surface area (Å²) in [4.78, 5) is 0. The van der Waals surface area contributed by atoms with Gasteiger partial charge in [-0.2, -0.15) is 0 Å². The molecular weight excluding hydrogens is 240 g/mol. The van der Waals surface area contributed by atoms with Gasteiger partial charge in [0.2, 0.25) is 0 Å². The van der Waals surface area contributed by atoms with Gasteiger partial charge in [0.1, 0.15) is 5.75 Å². The maximum absolute atomic E-state index is 5.63. The standard InChI is InChI=1S/C15H26N2O2/c1-14(13-16-10-12-18-2)17-9-6-11-19-15-7-4-3-5-8-15/h3-5,7-8,14,16-17H,6,9-13H2,1-2H3. The zero-order chi connectivity index (χ0) is 13.8. The van der Waals surface area contributed by atoms with Crippen molar-refractivity contribution in [2.24, 2.45) is 0 Å². The van der Waals surface area contributed by atoms with E-state index in [4.69, 9.17) is 9.47 Å². The van der Waals surface area contributed by atoms with E-state index in [1.54, 1.807) is 7.11 Å². The first kappa shape index (κ1) is 16.0. The Bertz CT molecular complexity index is 306. The van der Waals surface area contributed by atoms with Crippen LogP contribution in [0.4, 0.5) is 0 Å². The van der Waals surface area contributed by atoms with Gasteiger partial charge < -0.3 is 20.1 Å². The molecule has 1 atom stereocenters. The van der Waals surface area contributed by atoms with Crippen LogP contribution >= 0.6 is 0 Å². The van der Waals surface area contributed by atoms with Gasteiger partial charge in [0.15, 0.2) is 0 Å². The molecule has 0 heterocycles. The predicted molar refractivity (Wildman–Crippen MR) is 78.8 cm³/mol. The molecule has 1 unspecified atom stereocenters. The van der Waals surface area contributed by atoms with Crippen LogP contribution in [-0.2, 0) is 4.74 Å². The molecule has 1 aromatic carbocycles. The molecule has 0 spiro atoms. The third kappa shape index (κ3) is 8.59. The van der Waals surface area contributed by atoms with Gasteiger partial charge in [-0.05, 0) is 32.0 Å². The number of ether oxygens (including phenoxy) is 2. The Morgan fingerprint density at radius 3 is 2.63 bits per heavy atom. The van der Waals surface area contributed by atoms with Gasteiger partial charge in [-0.15, -0.1) is 0 Å². The van der Waals surface area contributed by atoms with Crippen LogP contribution in [0.1, 0.15) is 13.3 Å². The smallest absolute Gasteiger partial charge is 0.119 e. The van der Waals surface area contributed by atoms with Gasteiger partial charge in [0.05, 0.1) is 13.2 Å². The van der Waals surface area contributed by atoms with E-state index in [1.165, 1.54) is 0 Å². The van der Waals surface area contributed by atoms with Crippen LogP contribution in [-0.4, -0.2) is 46.0 Å². The Kier molecular flexibility index (Phi) is 9.06. The van der Waals surface area contributed by atoms with E-state index in [2.05, 4.69) is 17.6 Å². The molecule has 0 fully saturated rings. The minimum Gasteiger partial charge on any atom is -0.494 e. The number of benzene rings is 1. The molecule has 1 rings (SSSR count). The highest BCUT2D eigenvalue weighted by Crippen LogP contribution is 2.07. The third-order valence-corrected chi connectivity index (χ3v) is 2.76. The lowest BCUT2D eigenvalue weighted by Crippen LogP contribution is -2.38. The molecule has 108 valence electrons.